The molecule has 0 amide bonds. The Morgan fingerprint density at radius 1 is 1.00 bits per heavy atom. The number of nitrogens with one attached hydrogen (secondary N) is 2. The number of nitrogens with zero attached hydrogens (tertiary/aromatic N) is 2. The van der Waals surface area contributed by atoms with Gasteiger partial charge in [0, 0.05) is 24.8 Å². The Balaban J connectivity index is 1.84. The number of hydrogen-bond acceptors (Lipinski definition) is 4. The Labute approximate surface area is 137 Å². The number of aryl methyl sites for hydroxylation is 1. The van der Waals surface area contributed by atoms with Crippen LogP contribution in [0.15, 0.2) is 30.3 Å². The van der Waals surface area contributed by atoms with Crippen LogP contribution in [0.3, 0.4) is 0 Å². The molecule has 1 aromatic carbocycles. The Bertz CT molecular complexity index is 598. The third-order valence-corrected chi connectivity index (χ3v) is 3.55. The highest BCUT2D eigenvalue weighted by atomic mass is 19.1. The first-order valence-corrected chi connectivity index (χ1v) is 8.25. The van der Waals surface area contributed by atoms with E-state index in [-0.39, 0.29) is 5.82 Å². The molecule has 4 nitrogen and oxygen atoms in total. The fraction of sp³-hybridized carbons (Fsp3) is 0.444. The second-order valence-electron chi connectivity index (χ2n) is 5.66. The van der Waals surface area contributed by atoms with Gasteiger partial charge in [0.2, 0.25) is 5.95 Å². The number of aromatic nitrogens is 2. The first kappa shape index (κ1) is 17.2. The van der Waals surface area contributed by atoms with Crippen LogP contribution in [0.4, 0.5) is 16.2 Å². The van der Waals surface area contributed by atoms with E-state index in [2.05, 4.69) is 27.5 Å². The van der Waals surface area contributed by atoms with Crippen LogP contribution in [0.2, 0.25) is 0 Å². The molecule has 0 unspecified atom stereocenters. The number of hydrogen-bond donors (Lipinski definition) is 2. The molecule has 124 valence electrons. The Morgan fingerprint density at radius 2 is 1.78 bits per heavy atom. The van der Waals surface area contributed by atoms with Gasteiger partial charge in [-0.1, -0.05) is 31.9 Å². The Hall–Kier alpha value is -2.17. The maximum Gasteiger partial charge on any atom is 0.224 e. The average Bonchev–Trinajstić information content (AvgIpc) is 2.53. The minimum absolute atomic E-state index is 0.202. The number of rotatable bonds is 9. The van der Waals surface area contributed by atoms with Gasteiger partial charge in [0.25, 0.3) is 0 Å². The Morgan fingerprint density at radius 3 is 2.52 bits per heavy atom. The normalized spacial score (nSPS) is 10.6. The van der Waals surface area contributed by atoms with Gasteiger partial charge in [0.05, 0.1) is 0 Å². The van der Waals surface area contributed by atoms with E-state index in [1.165, 1.54) is 25.0 Å². The molecule has 0 saturated carbocycles. The molecule has 0 bridgehead atoms. The van der Waals surface area contributed by atoms with Gasteiger partial charge in [-0.25, -0.2) is 9.37 Å². The molecule has 0 aliphatic carbocycles. The molecular formula is C18H25FN4. The van der Waals surface area contributed by atoms with E-state index >= 15 is 0 Å². The predicted molar refractivity (Wildman–Crippen MR) is 93.4 cm³/mol. The monoisotopic (exact) mass is 316 g/mol. The van der Waals surface area contributed by atoms with Crippen molar-refractivity contribution < 1.29 is 4.39 Å². The lowest BCUT2D eigenvalue weighted by Crippen LogP contribution is -2.10. The van der Waals surface area contributed by atoms with Gasteiger partial charge in [0.15, 0.2) is 0 Å². The number of anilines is 2. The molecule has 2 aromatic rings. The van der Waals surface area contributed by atoms with Gasteiger partial charge in [-0.2, -0.15) is 4.98 Å². The SMILES string of the molecule is CCCCCNc1nc(C)cc(NCCc2ccc(F)cc2)n1. The number of benzene rings is 1. The van der Waals surface area contributed by atoms with Crippen LogP contribution >= 0.6 is 0 Å². The maximum absolute atomic E-state index is 12.9. The molecule has 0 aliphatic rings. The highest BCUT2D eigenvalue weighted by Crippen LogP contribution is 2.11. The Kier molecular flexibility index (Phi) is 6.78. The molecule has 0 atom stereocenters. The zero-order chi connectivity index (χ0) is 16.5. The zero-order valence-corrected chi connectivity index (χ0v) is 13.9. The van der Waals surface area contributed by atoms with Gasteiger partial charge in [-0.3, -0.25) is 0 Å². The minimum atomic E-state index is -0.202. The van der Waals surface area contributed by atoms with Gasteiger partial charge in [-0.15, -0.1) is 0 Å². The van der Waals surface area contributed by atoms with Crippen molar-refractivity contribution in [1.29, 1.82) is 0 Å². The van der Waals surface area contributed by atoms with Crippen molar-refractivity contribution in [3.63, 3.8) is 0 Å². The first-order chi connectivity index (χ1) is 11.2. The molecule has 0 radical (unpaired) electrons. The van der Waals surface area contributed by atoms with E-state index in [0.717, 1.165) is 43.0 Å². The maximum atomic E-state index is 12.9. The van der Waals surface area contributed by atoms with E-state index in [1.54, 1.807) is 0 Å². The lowest BCUT2D eigenvalue weighted by Gasteiger charge is -2.10. The van der Waals surface area contributed by atoms with Gasteiger partial charge in [-0.05, 0) is 37.5 Å². The molecule has 23 heavy (non-hydrogen) atoms. The summed E-state index contributed by atoms with van der Waals surface area (Å²) in [5.41, 5.74) is 2.03. The molecule has 0 fully saturated rings. The first-order valence-electron chi connectivity index (χ1n) is 8.25. The fourth-order valence-electron chi connectivity index (χ4n) is 2.30. The number of halogens is 1. The quantitative estimate of drug-likeness (QED) is 0.681. The van der Waals surface area contributed by atoms with Gasteiger partial charge < -0.3 is 10.6 Å². The van der Waals surface area contributed by atoms with Crippen LogP contribution in [0, 0.1) is 12.7 Å². The molecule has 0 spiro atoms. The summed E-state index contributed by atoms with van der Waals surface area (Å²) in [4.78, 5) is 8.89. The summed E-state index contributed by atoms with van der Waals surface area (Å²) in [5.74, 6) is 1.29. The molecule has 0 aliphatic heterocycles. The lowest BCUT2D eigenvalue weighted by atomic mass is 10.1. The van der Waals surface area contributed by atoms with Gasteiger partial charge >= 0.3 is 0 Å². The second kappa shape index (κ2) is 9.08. The molecule has 0 saturated heterocycles. The molecular weight excluding hydrogens is 291 g/mol. The summed E-state index contributed by atoms with van der Waals surface area (Å²) in [7, 11) is 0. The molecule has 1 aromatic heterocycles. The number of unbranched alkanes of at least 4 members (excludes halogenated alkanes) is 2. The molecule has 2 rings (SSSR count). The smallest absolute Gasteiger partial charge is 0.224 e. The van der Waals surface area contributed by atoms with Crippen LogP contribution in [0.5, 0.6) is 0 Å². The average molecular weight is 316 g/mol. The van der Waals surface area contributed by atoms with Crippen molar-refractivity contribution in [3.8, 4) is 0 Å². The second-order valence-corrected chi connectivity index (χ2v) is 5.66. The van der Waals surface area contributed by atoms with Crippen LogP contribution < -0.4 is 10.6 Å². The summed E-state index contributed by atoms with van der Waals surface area (Å²) >= 11 is 0. The van der Waals surface area contributed by atoms with E-state index in [4.69, 9.17) is 0 Å². The minimum Gasteiger partial charge on any atom is -0.370 e. The van der Waals surface area contributed by atoms with E-state index in [1.807, 2.05) is 25.1 Å². The standard InChI is InChI=1S/C18H25FN4/c1-3-4-5-11-21-18-22-14(2)13-17(23-18)20-12-10-15-6-8-16(19)9-7-15/h6-9,13H,3-5,10-12H2,1-2H3,(H2,20,21,22,23). The van der Waals surface area contributed by atoms with Crippen molar-refractivity contribution in [1.82, 2.24) is 9.97 Å². The topological polar surface area (TPSA) is 49.8 Å². The summed E-state index contributed by atoms with van der Waals surface area (Å²) in [5, 5.41) is 6.58. The lowest BCUT2D eigenvalue weighted by molar-refractivity contribution is 0.627. The molecule has 2 N–H and O–H groups in total. The van der Waals surface area contributed by atoms with Crippen LogP contribution in [-0.4, -0.2) is 23.1 Å². The third kappa shape index (κ3) is 6.22. The van der Waals surface area contributed by atoms with Crippen molar-refractivity contribution in [2.45, 2.75) is 39.5 Å². The molecule has 5 heteroatoms. The zero-order valence-electron chi connectivity index (χ0n) is 13.9. The molecule has 1 heterocycles. The van der Waals surface area contributed by atoms with E-state index in [0.29, 0.717) is 5.95 Å². The van der Waals surface area contributed by atoms with Crippen molar-refractivity contribution in [3.05, 3.63) is 47.4 Å². The van der Waals surface area contributed by atoms with E-state index < -0.39 is 0 Å². The van der Waals surface area contributed by atoms with Crippen molar-refractivity contribution >= 4 is 11.8 Å². The fourth-order valence-corrected chi connectivity index (χ4v) is 2.30. The van der Waals surface area contributed by atoms with Gasteiger partial charge in [0.1, 0.15) is 11.6 Å². The highest BCUT2D eigenvalue weighted by Gasteiger charge is 2.02. The largest absolute Gasteiger partial charge is 0.370 e. The summed E-state index contributed by atoms with van der Waals surface area (Å²) in [6.45, 7) is 5.79. The highest BCUT2D eigenvalue weighted by molar-refractivity contribution is 5.42. The van der Waals surface area contributed by atoms with Crippen LogP contribution in [0.1, 0.15) is 37.4 Å². The predicted octanol–water partition coefficient (Wildman–Crippen LogP) is 4.18. The third-order valence-electron chi connectivity index (χ3n) is 3.55. The van der Waals surface area contributed by atoms with Crippen LogP contribution in [-0.2, 0) is 6.42 Å². The summed E-state index contributed by atoms with van der Waals surface area (Å²) in [6, 6.07) is 8.53. The van der Waals surface area contributed by atoms with E-state index in [9.17, 15) is 4.39 Å². The summed E-state index contributed by atoms with van der Waals surface area (Å²) in [6.07, 6.45) is 4.36. The van der Waals surface area contributed by atoms with Crippen molar-refractivity contribution in [2.75, 3.05) is 23.7 Å². The van der Waals surface area contributed by atoms with Crippen LogP contribution in [0.25, 0.3) is 0 Å². The van der Waals surface area contributed by atoms with Crippen molar-refractivity contribution in [2.24, 2.45) is 0 Å². The summed E-state index contributed by atoms with van der Waals surface area (Å²) < 4.78 is 12.9.